The number of rotatable bonds is 6. The van der Waals surface area contributed by atoms with Gasteiger partial charge in [0.15, 0.2) is 5.65 Å². The van der Waals surface area contributed by atoms with E-state index >= 15 is 0 Å². The zero-order valence-electron chi connectivity index (χ0n) is 19.3. The Balaban J connectivity index is 0.00000149. The Kier molecular flexibility index (Phi) is 8.01. The topological polar surface area (TPSA) is 63.9 Å². The minimum absolute atomic E-state index is 0.338. The molecular formula is C23H30F3N5O2. The maximum Gasteiger partial charge on any atom is 0.573 e. The molecule has 1 N–H and O–H groups in total. The Hall–Kier alpha value is -3.01. The number of hydrogen-bond donors (Lipinski definition) is 1. The van der Waals surface area contributed by atoms with Crippen LogP contribution in [0.1, 0.15) is 26.7 Å². The highest BCUT2D eigenvalue weighted by atomic mass is 19.4. The number of nitrogens with zero attached hydrogens (tertiary/aromatic N) is 4. The molecule has 1 aliphatic rings. The second-order valence-electron chi connectivity index (χ2n) is 7.67. The number of hydrogen-bond acceptors (Lipinski definition) is 6. The number of anilines is 1. The van der Waals surface area contributed by atoms with Crippen LogP contribution in [0.15, 0.2) is 36.5 Å². The van der Waals surface area contributed by atoms with E-state index < -0.39 is 6.36 Å². The molecule has 1 fully saturated rings. The Morgan fingerprint density at radius 1 is 1.12 bits per heavy atom. The van der Waals surface area contributed by atoms with Gasteiger partial charge >= 0.3 is 6.36 Å². The smallest absolute Gasteiger partial charge is 0.496 e. The van der Waals surface area contributed by atoms with Gasteiger partial charge in [-0.15, -0.1) is 18.3 Å². The first-order valence-electron chi connectivity index (χ1n) is 11.0. The highest BCUT2D eigenvalue weighted by molar-refractivity contribution is 5.71. The van der Waals surface area contributed by atoms with Gasteiger partial charge in [-0.25, -0.2) is 9.50 Å². The van der Waals surface area contributed by atoms with Crippen molar-refractivity contribution in [2.24, 2.45) is 5.92 Å². The van der Waals surface area contributed by atoms with Gasteiger partial charge in [-0.3, -0.25) is 0 Å². The lowest BCUT2D eigenvalue weighted by molar-refractivity contribution is -0.274. The number of fused-ring (bicyclic) bond motifs is 1. The molecular weight excluding hydrogens is 435 g/mol. The van der Waals surface area contributed by atoms with E-state index in [9.17, 15) is 13.2 Å². The van der Waals surface area contributed by atoms with Crippen molar-refractivity contribution >= 4 is 11.5 Å². The van der Waals surface area contributed by atoms with Crippen molar-refractivity contribution in [3.63, 3.8) is 0 Å². The highest BCUT2D eigenvalue weighted by Gasteiger charge is 2.31. The molecule has 0 unspecified atom stereocenters. The molecule has 10 heteroatoms. The number of benzene rings is 1. The number of alkyl halides is 3. The van der Waals surface area contributed by atoms with Crippen molar-refractivity contribution < 1.29 is 22.6 Å². The molecule has 0 radical (unpaired) electrons. The molecule has 0 aliphatic carbocycles. The summed E-state index contributed by atoms with van der Waals surface area (Å²) in [4.78, 5) is 6.64. The molecule has 0 saturated carbocycles. The molecule has 0 amide bonds. The molecule has 3 aromatic rings. The van der Waals surface area contributed by atoms with E-state index in [0.29, 0.717) is 34.4 Å². The molecule has 180 valence electrons. The van der Waals surface area contributed by atoms with Crippen LogP contribution in [0, 0.1) is 5.92 Å². The third-order valence-corrected chi connectivity index (χ3v) is 5.45. The summed E-state index contributed by atoms with van der Waals surface area (Å²) in [6.45, 7) is 6.98. The van der Waals surface area contributed by atoms with Crippen LogP contribution in [0.5, 0.6) is 11.5 Å². The standard InChI is InChI=1S/C21H24F3N5O2.C2H6/c1-28-9-7-14(8-10-28)12-25-19-5-6-20-26-13-17(29(20)27-19)16-11-15(31-21(22,23)24)3-4-18(16)30-2;1-2/h3-6,11,13-14H,7-10,12H2,1-2H3,(H,25,27);1-2H3. The van der Waals surface area contributed by atoms with Crippen molar-refractivity contribution in [1.82, 2.24) is 19.5 Å². The van der Waals surface area contributed by atoms with E-state index in [0.717, 1.165) is 32.5 Å². The van der Waals surface area contributed by atoms with Crippen LogP contribution in [0.2, 0.25) is 0 Å². The van der Waals surface area contributed by atoms with Crippen LogP contribution in [-0.2, 0) is 0 Å². The lowest BCUT2D eigenvalue weighted by atomic mass is 9.97. The lowest BCUT2D eigenvalue weighted by Gasteiger charge is -2.29. The quantitative estimate of drug-likeness (QED) is 0.548. The third-order valence-electron chi connectivity index (χ3n) is 5.45. The number of nitrogens with one attached hydrogen (secondary N) is 1. The van der Waals surface area contributed by atoms with Crippen LogP contribution >= 0.6 is 0 Å². The fraction of sp³-hybridized carbons (Fsp3) is 0.478. The highest BCUT2D eigenvalue weighted by Crippen LogP contribution is 2.35. The number of piperidine rings is 1. The minimum atomic E-state index is -4.78. The molecule has 0 spiro atoms. The average molecular weight is 466 g/mol. The molecule has 7 nitrogen and oxygen atoms in total. The Labute approximate surface area is 191 Å². The normalized spacial score (nSPS) is 15.1. The van der Waals surface area contributed by atoms with Gasteiger partial charge < -0.3 is 19.7 Å². The monoisotopic (exact) mass is 465 g/mol. The van der Waals surface area contributed by atoms with Crippen molar-refractivity contribution in [2.45, 2.75) is 33.1 Å². The number of methoxy groups -OCH3 is 1. The lowest BCUT2D eigenvalue weighted by Crippen LogP contribution is -2.33. The third kappa shape index (κ3) is 6.28. The van der Waals surface area contributed by atoms with Crippen molar-refractivity contribution in [1.29, 1.82) is 0 Å². The zero-order valence-corrected chi connectivity index (χ0v) is 19.3. The first-order chi connectivity index (χ1) is 15.8. The fourth-order valence-corrected chi connectivity index (χ4v) is 3.75. The molecule has 2 aromatic heterocycles. The predicted molar refractivity (Wildman–Crippen MR) is 122 cm³/mol. The maximum absolute atomic E-state index is 12.7. The van der Waals surface area contributed by atoms with E-state index in [2.05, 4.69) is 32.1 Å². The van der Waals surface area contributed by atoms with Crippen LogP contribution in [-0.4, -0.2) is 59.7 Å². The molecule has 33 heavy (non-hydrogen) atoms. The summed E-state index contributed by atoms with van der Waals surface area (Å²) in [7, 11) is 3.58. The number of aromatic nitrogens is 3. The molecule has 3 heterocycles. The SMILES string of the molecule is CC.COc1ccc(OC(F)(F)F)cc1-c1cnc2ccc(NCC3CCN(C)CC3)nn12. The summed E-state index contributed by atoms with van der Waals surface area (Å²) >= 11 is 0. The van der Waals surface area contributed by atoms with Gasteiger partial charge in [-0.05, 0) is 69.2 Å². The predicted octanol–water partition coefficient (Wildman–Crippen LogP) is 5.08. The zero-order chi connectivity index (χ0) is 24.0. The second kappa shape index (κ2) is 10.7. The Morgan fingerprint density at radius 2 is 1.85 bits per heavy atom. The van der Waals surface area contributed by atoms with Crippen molar-refractivity contribution in [3.05, 3.63) is 36.5 Å². The van der Waals surface area contributed by atoms with E-state index in [1.165, 1.54) is 25.3 Å². The number of ether oxygens (including phenoxy) is 2. The number of halogens is 3. The van der Waals surface area contributed by atoms with Gasteiger partial charge in [0.2, 0.25) is 0 Å². The van der Waals surface area contributed by atoms with Crippen LogP contribution in [0.4, 0.5) is 19.0 Å². The van der Waals surface area contributed by atoms with E-state index in [4.69, 9.17) is 4.74 Å². The van der Waals surface area contributed by atoms with Crippen molar-refractivity contribution in [2.75, 3.05) is 39.1 Å². The first-order valence-corrected chi connectivity index (χ1v) is 11.0. The second-order valence-corrected chi connectivity index (χ2v) is 7.67. The number of imidazole rings is 1. The van der Waals surface area contributed by atoms with Gasteiger partial charge in [0, 0.05) is 12.1 Å². The van der Waals surface area contributed by atoms with E-state index in [-0.39, 0.29) is 5.75 Å². The van der Waals surface area contributed by atoms with Crippen LogP contribution in [0.3, 0.4) is 0 Å². The molecule has 1 saturated heterocycles. The Bertz CT molecular complexity index is 1050. The maximum atomic E-state index is 12.7. The molecule has 1 aromatic carbocycles. The first kappa shape index (κ1) is 24.6. The minimum Gasteiger partial charge on any atom is -0.496 e. The Morgan fingerprint density at radius 3 is 2.52 bits per heavy atom. The van der Waals surface area contributed by atoms with Gasteiger partial charge in [0.1, 0.15) is 17.3 Å². The molecule has 0 bridgehead atoms. The summed E-state index contributed by atoms with van der Waals surface area (Å²) < 4.78 is 49.0. The van der Waals surface area contributed by atoms with Crippen LogP contribution < -0.4 is 14.8 Å². The van der Waals surface area contributed by atoms with Gasteiger partial charge in [0.25, 0.3) is 0 Å². The van der Waals surface area contributed by atoms with Gasteiger partial charge in [0.05, 0.1) is 19.0 Å². The fourth-order valence-electron chi connectivity index (χ4n) is 3.75. The summed E-state index contributed by atoms with van der Waals surface area (Å²) in [5.74, 6) is 1.30. The van der Waals surface area contributed by atoms with Crippen molar-refractivity contribution in [3.8, 4) is 22.8 Å². The summed E-state index contributed by atoms with van der Waals surface area (Å²) in [6.07, 6.45) is -0.969. The van der Waals surface area contributed by atoms with Crippen LogP contribution in [0.25, 0.3) is 16.9 Å². The summed E-state index contributed by atoms with van der Waals surface area (Å²) in [5, 5.41) is 7.98. The average Bonchev–Trinajstić information content (AvgIpc) is 3.22. The van der Waals surface area contributed by atoms with E-state index in [1.54, 1.807) is 10.7 Å². The number of likely N-dealkylation sites (tertiary alicyclic amines) is 1. The largest absolute Gasteiger partial charge is 0.573 e. The summed E-state index contributed by atoms with van der Waals surface area (Å²) in [6, 6.07) is 7.58. The molecule has 1 aliphatic heterocycles. The summed E-state index contributed by atoms with van der Waals surface area (Å²) in [5.41, 5.74) is 1.48. The molecule has 0 atom stereocenters. The van der Waals surface area contributed by atoms with Gasteiger partial charge in [-0.2, -0.15) is 0 Å². The van der Waals surface area contributed by atoms with Gasteiger partial charge in [-0.1, -0.05) is 13.8 Å². The van der Waals surface area contributed by atoms with E-state index in [1.807, 2.05) is 26.0 Å². The molecule has 4 rings (SSSR count).